The Balaban J connectivity index is 2.10. The minimum Gasteiger partial charge on any atom is -0.497 e. The van der Waals surface area contributed by atoms with Gasteiger partial charge in [-0.15, -0.1) is 0 Å². The first-order chi connectivity index (χ1) is 7.72. The molecule has 0 spiro atoms. The lowest BCUT2D eigenvalue weighted by molar-refractivity contribution is 0.307. The van der Waals surface area contributed by atoms with E-state index in [2.05, 4.69) is 12.2 Å². The highest BCUT2D eigenvalue weighted by Crippen LogP contribution is 2.34. The number of ether oxygens (including phenoxy) is 2. The van der Waals surface area contributed by atoms with Gasteiger partial charge in [-0.05, 0) is 30.9 Å². The molecular weight excluding hydrogens is 202 g/mol. The molecule has 1 N–H and O–H groups in total. The summed E-state index contributed by atoms with van der Waals surface area (Å²) < 4.78 is 10.5. The maximum Gasteiger partial charge on any atom is 0.142 e. The third-order valence-corrected chi connectivity index (χ3v) is 3.14. The summed E-state index contributed by atoms with van der Waals surface area (Å²) in [6, 6.07) is 6.41. The van der Waals surface area contributed by atoms with Gasteiger partial charge in [-0.1, -0.05) is 6.92 Å². The number of rotatable bonds is 4. The number of benzene rings is 1. The first-order valence-electron chi connectivity index (χ1n) is 5.71. The van der Waals surface area contributed by atoms with Gasteiger partial charge in [-0.25, -0.2) is 0 Å². The molecule has 1 aromatic carbocycles. The molecule has 0 aliphatic heterocycles. The molecule has 0 heterocycles. The van der Waals surface area contributed by atoms with Crippen molar-refractivity contribution in [2.24, 2.45) is 5.92 Å². The normalized spacial score (nSPS) is 23.4. The molecule has 0 atom stereocenters. The van der Waals surface area contributed by atoms with Gasteiger partial charge in [0.2, 0.25) is 0 Å². The van der Waals surface area contributed by atoms with Gasteiger partial charge in [0.1, 0.15) is 11.5 Å². The van der Waals surface area contributed by atoms with Crippen molar-refractivity contribution >= 4 is 5.69 Å². The van der Waals surface area contributed by atoms with E-state index in [1.165, 1.54) is 12.8 Å². The molecule has 88 valence electrons. The Bertz CT molecular complexity index is 359. The maximum absolute atomic E-state index is 5.32. The van der Waals surface area contributed by atoms with Crippen LogP contribution in [0.25, 0.3) is 0 Å². The van der Waals surface area contributed by atoms with E-state index in [-0.39, 0.29) is 0 Å². The molecule has 0 saturated heterocycles. The lowest BCUT2D eigenvalue weighted by Crippen LogP contribution is -2.33. The van der Waals surface area contributed by atoms with Crippen LogP contribution >= 0.6 is 0 Å². The lowest BCUT2D eigenvalue weighted by Gasteiger charge is -2.34. The average molecular weight is 221 g/mol. The van der Waals surface area contributed by atoms with E-state index in [0.29, 0.717) is 6.04 Å². The Morgan fingerprint density at radius 3 is 2.50 bits per heavy atom. The van der Waals surface area contributed by atoms with E-state index < -0.39 is 0 Å². The van der Waals surface area contributed by atoms with Crippen LogP contribution in [-0.2, 0) is 0 Å². The Labute approximate surface area is 96.8 Å². The SMILES string of the molecule is COc1ccc(OC)c(NC2CC(C)C2)c1. The number of nitrogens with one attached hydrogen (secondary N) is 1. The van der Waals surface area contributed by atoms with Crippen molar-refractivity contribution in [3.63, 3.8) is 0 Å². The van der Waals surface area contributed by atoms with Crippen molar-refractivity contribution in [2.45, 2.75) is 25.8 Å². The minimum absolute atomic E-state index is 0.580. The summed E-state index contributed by atoms with van der Waals surface area (Å²) in [5.74, 6) is 2.57. The van der Waals surface area contributed by atoms with Crippen molar-refractivity contribution < 1.29 is 9.47 Å². The van der Waals surface area contributed by atoms with Crippen LogP contribution in [0, 0.1) is 5.92 Å². The van der Waals surface area contributed by atoms with E-state index in [4.69, 9.17) is 9.47 Å². The maximum atomic E-state index is 5.32. The van der Waals surface area contributed by atoms with Gasteiger partial charge in [0.05, 0.1) is 19.9 Å². The highest BCUT2D eigenvalue weighted by molar-refractivity contribution is 5.60. The van der Waals surface area contributed by atoms with Gasteiger partial charge in [0.25, 0.3) is 0 Å². The van der Waals surface area contributed by atoms with Gasteiger partial charge in [-0.2, -0.15) is 0 Å². The second-order valence-electron chi connectivity index (χ2n) is 4.48. The van der Waals surface area contributed by atoms with Crippen molar-refractivity contribution in [3.8, 4) is 11.5 Å². The summed E-state index contributed by atoms with van der Waals surface area (Å²) in [6.45, 7) is 2.28. The molecule has 1 fully saturated rings. The van der Waals surface area contributed by atoms with Crippen LogP contribution in [0.2, 0.25) is 0 Å². The van der Waals surface area contributed by atoms with Crippen LogP contribution in [0.15, 0.2) is 18.2 Å². The molecule has 16 heavy (non-hydrogen) atoms. The van der Waals surface area contributed by atoms with Crippen LogP contribution in [-0.4, -0.2) is 20.3 Å². The predicted octanol–water partition coefficient (Wildman–Crippen LogP) is 2.91. The van der Waals surface area contributed by atoms with Crippen LogP contribution in [0.4, 0.5) is 5.69 Å². The number of hydrogen-bond donors (Lipinski definition) is 1. The van der Waals surface area contributed by atoms with Crippen LogP contribution in [0.3, 0.4) is 0 Å². The van der Waals surface area contributed by atoms with Crippen molar-refractivity contribution in [1.82, 2.24) is 0 Å². The molecule has 0 bridgehead atoms. The summed E-state index contributed by atoms with van der Waals surface area (Å²) in [6.07, 6.45) is 2.47. The quantitative estimate of drug-likeness (QED) is 0.848. The van der Waals surface area contributed by atoms with Gasteiger partial charge >= 0.3 is 0 Å². The zero-order valence-corrected chi connectivity index (χ0v) is 10.1. The Morgan fingerprint density at radius 2 is 1.94 bits per heavy atom. The highest BCUT2D eigenvalue weighted by atomic mass is 16.5. The second-order valence-corrected chi connectivity index (χ2v) is 4.48. The van der Waals surface area contributed by atoms with Gasteiger partial charge < -0.3 is 14.8 Å². The standard InChI is InChI=1S/C13H19NO2/c1-9-6-10(7-9)14-12-8-11(15-2)4-5-13(12)16-3/h4-5,8-10,14H,6-7H2,1-3H3. The number of methoxy groups -OCH3 is 2. The monoisotopic (exact) mass is 221 g/mol. The molecule has 1 aliphatic carbocycles. The highest BCUT2D eigenvalue weighted by Gasteiger charge is 2.25. The van der Waals surface area contributed by atoms with Crippen LogP contribution < -0.4 is 14.8 Å². The van der Waals surface area contributed by atoms with Gasteiger partial charge in [-0.3, -0.25) is 0 Å². The number of anilines is 1. The zero-order chi connectivity index (χ0) is 11.5. The summed E-state index contributed by atoms with van der Waals surface area (Å²) in [5.41, 5.74) is 1.03. The molecule has 0 radical (unpaired) electrons. The van der Waals surface area contributed by atoms with E-state index in [1.54, 1.807) is 14.2 Å². The molecule has 0 unspecified atom stereocenters. The first kappa shape index (κ1) is 11.1. The van der Waals surface area contributed by atoms with E-state index >= 15 is 0 Å². The summed E-state index contributed by atoms with van der Waals surface area (Å²) in [5, 5.41) is 3.50. The minimum atomic E-state index is 0.580. The third-order valence-electron chi connectivity index (χ3n) is 3.14. The molecule has 3 heteroatoms. The zero-order valence-electron chi connectivity index (χ0n) is 10.1. The lowest BCUT2D eigenvalue weighted by atomic mass is 9.82. The topological polar surface area (TPSA) is 30.5 Å². The fourth-order valence-electron chi connectivity index (χ4n) is 2.17. The van der Waals surface area contributed by atoms with Crippen molar-refractivity contribution in [1.29, 1.82) is 0 Å². The van der Waals surface area contributed by atoms with Crippen LogP contribution in [0.1, 0.15) is 19.8 Å². The fraction of sp³-hybridized carbons (Fsp3) is 0.538. The predicted molar refractivity (Wildman–Crippen MR) is 65.4 cm³/mol. The summed E-state index contributed by atoms with van der Waals surface area (Å²) in [7, 11) is 3.37. The number of hydrogen-bond acceptors (Lipinski definition) is 3. The smallest absolute Gasteiger partial charge is 0.142 e. The van der Waals surface area contributed by atoms with Crippen molar-refractivity contribution in [3.05, 3.63) is 18.2 Å². The largest absolute Gasteiger partial charge is 0.497 e. The Hall–Kier alpha value is -1.38. The molecule has 2 rings (SSSR count). The van der Waals surface area contributed by atoms with Gasteiger partial charge in [0, 0.05) is 12.1 Å². The summed E-state index contributed by atoms with van der Waals surface area (Å²) in [4.78, 5) is 0. The molecule has 0 amide bonds. The average Bonchev–Trinajstić information content (AvgIpc) is 2.27. The van der Waals surface area contributed by atoms with E-state index in [9.17, 15) is 0 Å². The third kappa shape index (κ3) is 2.23. The second kappa shape index (κ2) is 4.64. The summed E-state index contributed by atoms with van der Waals surface area (Å²) >= 11 is 0. The first-order valence-corrected chi connectivity index (χ1v) is 5.71. The Morgan fingerprint density at radius 1 is 1.19 bits per heavy atom. The molecule has 0 aromatic heterocycles. The van der Waals surface area contributed by atoms with Crippen molar-refractivity contribution in [2.75, 3.05) is 19.5 Å². The molecule has 1 saturated carbocycles. The fourth-order valence-corrected chi connectivity index (χ4v) is 2.17. The Kier molecular flexibility index (Phi) is 3.22. The van der Waals surface area contributed by atoms with E-state index in [0.717, 1.165) is 23.1 Å². The molecule has 3 nitrogen and oxygen atoms in total. The van der Waals surface area contributed by atoms with Crippen LogP contribution in [0.5, 0.6) is 11.5 Å². The molecular formula is C13H19NO2. The van der Waals surface area contributed by atoms with Gasteiger partial charge in [0.15, 0.2) is 0 Å². The van der Waals surface area contributed by atoms with E-state index in [1.807, 2.05) is 18.2 Å². The molecule has 1 aromatic rings. The molecule has 1 aliphatic rings.